The average Bonchev–Trinajstić information content (AvgIpc) is 3.34. The summed E-state index contributed by atoms with van der Waals surface area (Å²) >= 11 is 0. The van der Waals surface area contributed by atoms with Crippen LogP contribution >= 0.6 is 0 Å². The number of rotatable bonds is 7. The molecule has 2 aromatic heterocycles. The van der Waals surface area contributed by atoms with Gasteiger partial charge in [-0.2, -0.15) is 0 Å². The lowest BCUT2D eigenvalue weighted by Crippen LogP contribution is -2.51. The minimum Gasteiger partial charge on any atom is -0.361 e. The fourth-order valence-electron chi connectivity index (χ4n) is 2.85. The Balaban J connectivity index is 1.50. The molecule has 0 radical (unpaired) electrons. The number of fused-ring (bicyclic) bond motifs is 1. The fourth-order valence-corrected chi connectivity index (χ4v) is 2.85. The monoisotopic (exact) mass is 397 g/mol. The van der Waals surface area contributed by atoms with Crippen LogP contribution in [0.1, 0.15) is 35.7 Å². The smallest absolute Gasteiger partial charge is 0.274 e. The molecule has 1 aromatic carbocycles. The van der Waals surface area contributed by atoms with Gasteiger partial charge in [0.1, 0.15) is 17.8 Å². The van der Waals surface area contributed by atoms with E-state index >= 15 is 0 Å². The van der Waals surface area contributed by atoms with E-state index in [1.807, 2.05) is 30.5 Å². The molecule has 0 bridgehead atoms. The highest BCUT2D eigenvalue weighted by molar-refractivity contribution is 5.97. The van der Waals surface area contributed by atoms with Gasteiger partial charge in [-0.15, -0.1) is 0 Å². The molecule has 0 aliphatic carbocycles. The number of H-pyrrole nitrogens is 1. The number of aryl methyl sites for hydroxylation is 1. The van der Waals surface area contributed by atoms with Crippen LogP contribution in [0.15, 0.2) is 41.1 Å². The topological polar surface area (TPSA) is 129 Å². The minimum atomic E-state index is -0.844. The number of hydrogen-bond acceptors (Lipinski definition) is 5. The third-order valence-corrected chi connectivity index (χ3v) is 4.49. The molecule has 0 saturated carbocycles. The lowest BCUT2D eigenvalue weighted by Gasteiger charge is -2.18. The maximum atomic E-state index is 12.4. The van der Waals surface area contributed by atoms with Gasteiger partial charge < -0.3 is 25.5 Å². The van der Waals surface area contributed by atoms with Crippen LogP contribution in [0.3, 0.4) is 0 Å². The number of nitrogens with one attached hydrogen (secondary N) is 4. The van der Waals surface area contributed by atoms with Gasteiger partial charge in [0.05, 0.1) is 0 Å². The maximum Gasteiger partial charge on any atom is 0.274 e. The molecule has 29 heavy (non-hydrogen) atoms. The van der Waals surface area contributed by atoms with Crippen molar-refractivity contribution >= 4 is 28.6 Å². The first-order valence-electron chi connectivity index (χ1n) is 9.22. The SMILES string of the molecule is Cc1cc(C(=O)NC(C)C(=O)NC(C)C(=O)NCc2cccc3[nH]ccc23)no1. The Kier molecular flexibility index (Phi) is 5.96. The molecule has 2 unspecified atom stereocenters. The Morgan fingerprint density at radius 3 is 2.59 bits per heavy atom. The van der Waals surface area contributed by atoms with Crippen molar-refractivity contribution in [2.75, 3.05) is 0 Å². The number of carbonyl (C=O) groups is 3. The molecule has 9 heteroatoms. The lowest BCUT2D eigenvalue weighted by atomic mass is 10.1. The number of benzene rings is 1. The zero-order valence-electron chi connectivity index (χ0n) is 16.4. The highest BCUT2D eigenvalue weighted by Crippen LogP contribution is 2.17. The van der Waals surface area contributed by atoms with Gasteiger partial charge in [0.15, 0.2) is 5.69 Å². The van der Waals surface area contributed by atoms with Crippen LogP contribution in [0.25, 0.3) is 10.9 Å². The van der Waals surface area contributed by atoms with Crippen LogP contribution in [0.5, 0.6) is 0 Å². The Bertz CT molecular complexity index is 1040. The molecule has 0 aliphatic heterocycles. The third-order valence-electron chi connectivity index (χ3n) is 4.49. The molecule has 0 fully saturated rings. The summed E-state index contributed by atoms with van der Waals surface area (Å²) in [7, 11) is 0. The van der Waals surface area contributed by atoms with Gasteiger partial charge >= 0.3 is 0 Å². The van der Waals surface area contributed by atoms with E-state index in [0.717, 1.165) is 16.5 Å². The summed E-state index contributed by atoms with van der Waals surface area (Å²) in [6.07, 6.45) is 1.84. The van der Waals surface area contributed by atoms with Crippen LogP contribution in [0.2, 0.25) is 0 Å². The van der Waals surface area contributed by atoms with Crippen molar-refractivity contribution < 1.29 is 18.9 Å². The average molecular weight is 397 g/mol. The summed E-state index contributed by atoms with van der Waals surface area (Å²) in [5, 5.41) is 12.6. The number of carbonyl (C=O) groups excluding carboxylic acids is 3. The van der Waals surface area contributed by atoms with Crippen molar-refractivity contribution in [1.82, 2.24) is 26.1 Å². The molecular weight excluding hydrogens is 374 g/mol. The summed E-state index contributed by atoms with van der Waals surface area (Å²) in [5.74, 6) is -0.834. The van der Waals surface area contributed by atoms with Gasteiger partial charge in [0, 0.05) is 29.7 Å². The third kappa shape index (κ3) is 4.81. The first-order chi connectivity index (χ1) is 13.8. The largest absolute Gasteiger partial charge is 0.361 e. The van der Waals surface area contributed by atoms with Gasteiger partial charge in [-0.1, -0.05) is 17.3 Å². The second-order valence-corrected chi connectivity index (χ2v) is 6.82. The summed E-state index contributed by atoms with van der Waals surface area (Å²) in [6, 6.07) is 7.61. The van der Waals surface area contributed by atoms with Crippen molar-refractivity contribution in [3.8, 4) is 0 Å². The molecule has 3 amide bonds. The minimum absolute atomic E-state index is 0.0897. The predicted molar refractivity (Wildman–Crippen MR) is 106 cm³/mol. The van der Waals surface area contributed by atoms with Gasteiger partial charge in [0.2, 0.25) is 11.8 Å². The fraction of sp³-hybridized carbons (Fsp3) is 0.300. The first kappa shape index (κ1) is 20.1. The molecule has 4 N–H and O–H groups in total. The van der Waals surface area contributed by atoms with E-state index in [2.05, 4.69) is 26.1 Å². The van der Waals surface area contributed by atoms with E-state index in [4.69, 9.17) is 4.52 Å². The van der Waals surface area contributed by atoms with Gasteiger partial charge in [-0.05, 0) is 38.5 Å². The summed E-state index contributed by atoms with van der Waals surface area (Å²) < 4.78 is 4.84. The second kappa shape index (κ2) is 8.59. The van der Waals surface area contributed by atoms with Gasteiger partial charge in [-0.3, -0.25) is 14.4 Å². The quantitative estimate of drug-likeness (QED) is 0.479. The Morgan fingerprint density at radius 2 is 1.86 bits per heavy atom. The molecule has 2 heterocycles. The van der Waals surface area contributed by atoms with E-state index in [1.54, 1.807) is 13.8 Å². The standard InChI is InChI=1S/C20H23N5O4/c1-11-9-17(25-29-11)20(28)24-13(3)19(27)23-12(2)18(26)22-10-14-5-4-6-16-15(14)7-8-21-16/h4-9,12-13,21H,10H2,1-3H3,(H,22,26)(H,23,27)(H,24,28). The number of aromatic amines is 1. The van der Waals surface area contributed by atoms with Crippen molar-refractivity contribution in [1.29, 1.82) is 0 Å². The van der Waals surface area contributed by atoms with Crippen molar-refractivity contribution in [3.63, 3.8) is 0 Å². The summed E-state index contributed by atoms with van der Waals surface area (Å²) in [5.41, 5.74) is 2.05. The zero-order chi connectivity index (χ0) is 21.0. The summed E-state index contributed by atoms with van der Waals surface area (Å²) in [6.45, 7) is 5.11. The van der Waals surface area contributed by atoms with Gasteiger partial charge in [-0.25, -0.2) is 0 Å². The van der Waals surface area contributed by atoms with Crippen molar-refractivity contribution in [2.45, 2.75) is 39.4 Å². The normalized spacial score (nSPS) is 12.9. The number of nitrogens with zero attached hydrogens (tertiary/aromatic N) is 1. The molecule has 0 saturated heterocycles. The predicted octanol–water partition coefficient (Wildman–Crippen LogP) is 1.40. The van der Waals surface area contributed by atoms with Crippen LogP contribution in [-0.2, 0) is 16.1 Å². The van der Waals surface area contributed by atoms with Crippen LogP contribution < -0.4 is 16.0 Å². The molecule has 0 aliphatic rings. The van der Waals surface area contributed by atoms with E-state index < -0.39 is 23.9 Å². The molecule has 9 nitrogen and oxygen atoms in total. The Labute approximate surface area is 167 Å². The molecule has 152 valence electrons. The van der Waals surface area contributed by atoms with Crippen molar-refractivity contribution in [2.24, 2.45) is 0 Å². The molecule has 3 aromatic rings. The highest BCUT2D eigenvalue weighted by atomic mass is 16.5. The molecule has 3 rings (SSSR count). The zero-order valence-corrected chi connectivity index (χ0v) is 16.4. The molecule has 0 spiro atoms. The lowest BCUT2D eigenvalue weighted by molar-refractivity contribution is -0.129. The van der Waals surface area contributed by atoms with Crippen molar-refractivity contribution in [3.05, 3.63) is 53.5 Å². The van der Waals surface area contributed by atoms with E-state index in [1.165, 1.54) is 13.0 Å². The maximum absolute atomic E-state index is 12.4. The molecular formula is C20H23N5O4. The van der Waals surface area contributed by atoms with Crippen LogP contribution in [0.4, 0.5) is 0 Å². The number of amides is 3. The van der Waals surface area contributed by atoms with E-state index in [9.17, 15) is 14.4 Å². The van der Waals surface area contributed by atoms with E-state index in [-0.39, 0.29) is 11.6 Å². The van der Waals surface area contributed by atoms with Crippen LogP contribution in [-0.4, -0.2) is 39.9 Å². The second-order valence-electron chi connectivity index (χ2n) is 6.82. The summed E-state index contributed by atoms with van der Waals surface area (Å²) in [4.78, 5) is 39.8. The Hall–Kier alpha value is -3.62. The molecule has 2 atom stereocenters. The number of aromatic nitrogens is 2. The first-order valence-corrected chi connectivity index (χ1v) is 9.22. The highest BCUT2D eigenvalue weighted by Gasteiger charge is 2.22. The Morgan fingerprint density at radius 1 is 1.10 bits per heavy atom. The number of hydrogen-bond donors (Lipinski definition) is 4. The van der Waals surface area contributed by atoms with Gasteiger partial charge in [0.25, 0.3) is 5.91 Å². The van der Waals surface area contributed by atoms with E-state index in [0.29, 0.717) is 12.3 Å². The van der Waals surface area contributed by atoms with Crippen LogP contribution in [0, 0.1) is 6.92 Å².